The lowest BCUT2D eigenvalue weighted by atomic mass is 10.00. The Bertz CT molecular complexity index is 1050. The average molecular weight is 402 g/mol. The third-order valence-corrected chi connectivity index (χ3v) is 4.56. The number of amides is 2. The van der Waals surface area contributed by atoms with Crippen LogP contribution in [0.15, 0.2) is 78.9 Å². The maximum absolute atomic E-state index is 12.7. The van der Waals surface area contributed by atoms with E-state index < -0.39 is 23.9 Å². The molecular weight excluding hydrogens is 380 g/mol. The number of ether oxygens (including phenoxy) is 1. The molecule has 0 aromatic heterocycles. The minimum absolute atomic E-state index is 0.336. The standard InChI is InChI=1S/C24H22N2O4/c1-16(23(28)26-20-13-11-18(12-14-20)22(25)27)30-24(29)21-10-6-5-9-19(21)15-17-7-3-2-4-8-17/h2-14,16H,15H2,1H3,(H2,25,27)(H,26,28). The zero-order valence-electron chi connectivity index (χ0n) is 16.5. The van der Waals surface area contributed by atoms with Gasteiger partial charge in [-0.15, -0.1) is 0 Å². The second-order valence-corrected chi connectivity index (χ2v) is 6.80. The molecule has 6 heteroatoms. The van der Waals surface area contributed by atoms with Gasteiger partial charge in [0, 0.05) is 11.3 Å². The molecule has 3 rings (SSSR count). The van der Waals surface area contributed by atoms with Crippen LogP contribution in [-0.2, 0) is 16.0 Å². The van der Waals surface area contributed by atoms with Gasteiger partial charge in [-0.05, 0) is 54.8 Å². The van der Waals surface area contributed by atoms with Crippen molar-refractivity contribution in [3.05, 3.63) is 101 Å². The summed E-state index contributed by atoms with van der Waals surface area (Å²) in [6.45, 7) is 1.50. The van der Waals surface area contributed by atoms with Crippen LogP contribution in [0.4, 0.5) is 5.69 Å². The quantitative estimate of drug-likeness (QED) is 0.590. The molecule has 0 saturated heterocycles. The molecule has 30 heavy (non-hydrogen) atoms. The van der Waals surface area contributed by atoms with E-state index in [1.165, 1.54) is 19.1 Å². The molecule has 0 aliphatic carbocycles. The SMILES string of the molecule is CC(OC(=O)c1ccccc1Cc1ccccc1)C(=O)Nc1ccc(C(N)=O)cc1. The van der Waals surface area contributed by atoms with E-state index in [1.54, 1.807) is 24.3 Å². The maximum Gasteiger partial charge on any atom is 0.339 e. The number of carbonyl (C=O) groups is 3. The van der Waals surface area contributed by atoms with Gasteiger partial charge in [-0.1, -0.05) is 48.5 Å². The van der Waals surface area contributed by atoms with E-state index >= 15 is 0 Å². The van der Waals surface area contributed by atoms with Gasteiger partial charge in [0.25, 0.3) is 5.91 Å². The summed E-state index contributed by atoms with van der Waals surface area (Å²) in [6, 6.07) is 23.1. The Balaban J connectivity index is 1.65. The molecule has 0 bridgehead atoms. The Morgan fingerprint density at radius 2 is 1.53 bits per heavy atom. The van der Waals surface area contributed by atoms with Gasteiger partial charge in [-0.2, -0.15) is 0 Å². The summed E-state index contributed by atoms with van der Waals surface area (Å²) < 4.78 is 5.39. The molecular formula is C24H22N2O4. The van der Waals surface area contributed by atoms with Gasteiger partial charge in [0.15, 0.2) is 6.10 Å². The lowest BCUT2D eigenvalue weighted by Gasteiger charge is -2.15. The van der Waals surface area contributed by atoms with Gasteiger partial charge in [-0.3, -0.25) is 9.59 Å². The van der Waals surface area contributed by atoms with Crippen molar-refractivity contribution in [3.8, 4) is 0 Å². The molecule has 3 N–H and O–H groups in total. The summed E-state index contributed by atoms with van der Waals surface area (Å²) in [7, 11) is 0. The highest BCUT2D eigenvalue weighted by molar-refractivity contribution is 5.98. The van der Waals surface area contributed by atoms with Crippen molar-refractivity contribution < 1.29 is 19.1 Å². The third-order valence-electron chi connectivity index (χ3n) is 4.56. The summed E-state index contributed by atoms with van der Waals surface area (Å²) in [5.74, 6) is -1.59. The molecule has 0 fully saturated rings. The highest BCUT2D eigenvalue weighted by Gasteiger charge is 2.21. The number of anilines is 1. The van der Waals surface area contributed by atoms with Crippen LogP contribution in [0, 0.1) is 0 Å². The van der Waals surface area contributed by atoms with Crippen LogP contribution in [0.2, 0.25) is 0 Å². The number of hydrogen-bond donors (Lipinski definition) is 2. The fourth-order valence-electron chi connectivity index (χ4n) is 2.93. The molecule has 1 unspecified atom stereocenters. The molecule has 0 saturated carbocycles. The van der Waals surface area contributed by atoms with Crippen molar-refractivity contribution >= 4 is 23.5 Å². The summed E-state index contributed by atoms with van der Waals surface area (Å²) >= 11 is 0. The van der Waals surface area contributed by atoms with E-state index in [-0.39, 0.29) is 0 Å². The highest BCUT2D eigenvalue weighted by atomic mass is 16.5. The average Bonchev–Trinajstić information content (AvgIpc) is 2.75. The van der Waals surface area contributed by atoms with Crippen molar-refractivity contribution in [2.24, 2.45) is 5.73 Å². The van der Waals surface area contributed by atoms with Crippen LogP contribution >= 0.6 is 0 Å². The first kappa shape index (κ1) is 20.8. The van der Waals surface area contributed by atoms with E-state index in [1.807, 2.05) is 42.5 Å². The Kier molecular flexibility index (Phi) is 6.60. The lowest BCUT2D eigenvalue weighted by Crippen LogP contribution is -2.30. The number of hydrogen-bond acceptors (Lipinski definition) is 4. The van der Waals surface area contributed by atoms with Gasteiger partial charge < -0.3 is 15.8 Å². The number of rotatable bonds is 7. The molecule has 2 amide bonds. The number of carbonyl (C=O) groups excluding carboxylic acids is 3. The number of esters is 1. The molecule has 0 radical (unpaired) electrons. The molecule has 152 valence electrons. The number of primary amides is 1. The monoisotopic (exact) mass is 402 g/mol. The van der Waals surface area contributed by atoms with Crippen molar-refractivity contribution in [2.75, 3.05) is 5.32 Å². The van der Waals surface area contributed by atoms with Gasteiger partial charge in [0.05, 0.1) is 5.56 Å². The van der Waals surface area contributed by atoms with Crippen molar-refractivity contribution in [2.45, 2.75) is 19.4 Å². The Morgan fingerprint density at radius 3 is 2.20 bits per heavy atom. The summed E-state index contributed by atoms with van der Waals surface area (Å²) in [5, 5.41) is 2.65. The molecule has 0 aliphatic rings. The van der Waals surface area contributed by atoms with E-state index in [9.17, 15) is 14.4 Å². The maximum atomic E-state index is 12.7. The van der Waals surface area contributed by atoms with Gasteiger partial charge in [0.2, 0.25) is 5.91 Å². The lowest BCUT2D eigenvalue weighted by molar-refractivity contribution is -0.123. The van der Waals surface area contributed by atoms with Crippen molar-refractivity contribution in [1.82, 2.24) is 0 Å². The Morgan fingerprint density at radius 1 is 0.900 bits per heavy atom. The Labute approximate surface area is 174 Å². The predicted octanol–water partition coefficient (Wildman–Crippen LogP) is 3.56. The summed E-state index contributed by atoms with van der Waals surface area (Å²) in [6.07, 6.45) is -0.420. The van der Waals surface area contributed by atoms with Crippen LogP contribution in [-0.4, -0.2) is 23.9 Å². The third kappa shape index (κ3) is 5.32. The Hall–Kier alpha value is -3.93. The molecule has 3 aromatic rings. The van der Waals surface area contributed by atoms with Crippen LogP contribution in [0.25, 0.3) is 0 Å². The second kappa shape index (κ2) is 9.52. The van der Waals surface area contributed by atoms with Crippen LogP contribution in [0.5, 0.6) is 0 Å². The molecule has 1 atom stereocenters. The highest BCUT2D eigenvalue weighted by Crippen LogP contribution is 2.17. The number of nitrogens with one attached hydrogen (secondary N) is 1. The van der Waals surface area contributed by atoms with E-state index in [4.69, 9.17) is 10.5 Å². The van der Waals surface area contributed by atoms with Gasteiger partial charge in [-0.25, -0.2) is 4.79 Å². The first-order valence-electron chi connectivity index (χ1n) is 9.47. The first-order chi connectivity index (χ1) is 14.4. The van der Waals surface area contributed by atoms with Crippen LogP contribution < -0.4 is 11.1 Å². The summed E-state index contributed by atoms with van der Waals surface area (Å²) in [4.78, 5) is 36.2. The van der Waals surface area contributed by atoms with Crippen molar-refractivity contribution in [3.63, 3.8) is 0 Å². The fraction of sp³-hybridized carbons (Fsp3) is 0.125. The zero-order chi connectivity index (χ0) is 21.5. The largest absolute Gasteiger partial charge is 0.449 e. The predicted molar refractivity (Wildman–Crippen MR) is 114 cm³/mol. The minimum Gasteiger partial charge on any atom is -0.449 e. The van der Waals surface area contributed by atoms with Crippen molar-refractivity contribution in [1.29, 1.82) is 0 Å². The topological polar surface area (TPSA) is 98.5 Å². The smallest absolute Gasteiger partial charge is 0.339 e. The first-order valence-corrected chi connectivity index (χ1v) is 9.47. The van der Waals surface area contributed by atoms with E-state index in [2.05, 4.69) is 5.32 Å². The normalized spacial score (nSPS) is 11.4. The minimum atomic E-state index is -1.00. The van der Waals surface area contributed by atoms with E-state index in [0.717, 1.165) is 11.1 Å². The van der Waals surface area contributed by atoms with Crippen LogP contribution in [0.1, 0.15) is 38.8 Å². The van der Waals surface area contributed by atoms with Gasteiger partial charge in [0.1, 0.15) is 0 Å². The summed E-state index contributed by atoms with van der Waals surface area (Å²) in [5.41, 5.74) is 8.32. The molecule has 3 aromatic carbocycles. The molecule has 6 nitrogen and oxygen atoms in total. The van der Waals surface area contributed by atoms with Gasteiger partial charge >= 0.3 is 5.97 Å². The van der Waals surface area contributed by atoms with E-state index in [0.29, 0.717) is 23.2 Å². The number of benzene rings is 3. The number of nitrogens with two attached hydrogens (primary N) is 1. The molecule has 0 heterocycles. The van der Waals surface area contributed by atoms with Crippen LogP contribution in [0.3, 0.4) is 0 Å². The molecule has 0 aliphatic heterocycles. The molecule has 0 spiro atoms. The second-order valence-electron chi connectivity index (χ2n) is 6.80. The zero-order valence-corrected chi connectivity index (χ0v) is 16.5. The fourth-order valence-corrected chi connectivity index (χ4v) is 2.93.